The number of aromatic nitrogens is 2. The van der Waals surface area contributed by atoms with E-state index in [-0.39, 0.29) is 18.3 Å². The Hall–Kier alpha value is -3.49. The van der Waals surface area contributed by atoms with Crippen LogP contribution in [0.4, 0.5) is 15.9 Å². The molecule has 8 heteroatoms. The Labute approximate surface area is 192 Å². The zero-order chi connectivity index (χ0) is 23.2. The van der Waals surface area contributed by atoms with Gasteiger partial charge in [-0.25, -0.2) is 9.37 Å². The van der Waals surface area contributed by atoms with E-state index in [1.54, 1.807) is 30.3 Å². The average Bonchev–Trinajstić information content (AvgIpc) is 3.18. The number of nitrogens with one attached hydrogen (secondary N) is 2. The largest absolute Gasteiger partial charge is 0.385 e. The van der Waals surface area contributed by atoms with Crippen molar-refractivity contribution in [1.29, 1.82) is 0 Å². The predicted molar refractivity (Wildman–Crippen MR) is 127 cm³/mol. The molecule has 1 amide bonds. The van der Waals surface area contributed by atoms with Crippen LogP contribution >= 0.6 is 0 Å². The smallest absolute Gasteiger partial charge is 0.240 e. The number of amides is 1. The lowest BCUT2D eigenvalue weighted by atomic mass is 10.1. The van der Waals surface area contributed by atoms with Crippen LogP contribution in [0.1, 0.15) is 17.8 Å². The summed E-state index contributed by atoms with van der Waals surface area (Å²) in [5, 5.41) is 6.59. The van der Waals surface area contributed by atoms with Crippen LogP contribution in [0.3, 0.4) is 0 Å². The summed E-state index contributed by atoms with van der Waals surface area (Å²) in [6.45, 7) is 4.00. The molecule has 7 nitrogen and oxygen atoms in total. The van der Waals surface area contributed by atoms with Crippen molar-refractivity contribution in [3.63, 3.8) is 0 Å². The Morgan fingerprint density at radius 2 is 1.88 bits per heavy atom. The van der Waals surface area contributed by atoms with Gasteiger partial charge in [-0.2, -0.15) is 0 Å². The van der Waals surface area contributed by atoms with Crippen molar-refractivity contribution in [2.24, 2.45) is 0 Å². The van der Waals surface area contributed by atoms with E-state index in [0.717, 1.165) is 29.3 Å². The highest BCUT2D eigenvalue weighted by Crippen LogP contribution is 2.33. The molecule has 4 rings (SSSR count). The van der Waals surface area contributed by atoms with Crippen LogP contribution in [0, 0.1) is 12.7 Å². The molecule has 0 saturated heterocycles. The fraction of sp³-hybridized carbons (Fsp3) is 0.280. The summed E-state index contributed by atoms with van der Waals surface area (Å²) in [6, 6.07) is 14.3. The molecule has 2 heterocycles. The van der Waals surface area contributed by atoms with Crippen molar-refractivity contribution in [1.82, 2.24) is 19.8 Å². The highest BCUT2D eigenvalue weighted by Gasteiger charge is 2.24. The molecule has 0 atom stereocenters. The number of hydrogen-bond acceptors (Lipinski definition) is 5. The third-order valence-electron chi connectivity index (χ3n) is 5.42. The minimum Gasteiger partial charge on any atom is -0.385 e. The minimum absolute atomic E-state index is 0.0331. The number of aryl methyl sites for hydroxylation is 1. The van der Waals surface area contributed by atoms with Crippen LogP contribution in [0.5, 0.6) is 0 Å². The number of methoxy groups -OCH3 is 1. The van der Waals surface area contributed by atoms with E-state index in [0.29, 0.717) is 25.4 Å². The third-order valence-corrected chi connectivity index (χ3v) is 5.42. The van der Waals surface area contributed by atoms with E-state index in [2.05, 4.69) is 10.6 Å². The maximum Gasteiger partial charge on any atom is 0.240 e. The summed E-state index contributed by atoms with van der Waals surface area (Å²) in [7, 11) is 1.66. The maximum absolute atomic E-state index is 13.5. The summed E-state index contributed by atoms with van der Waals surface area (Å²) in [6.07, 6.45) is 4.44. The van der Waals surface area contributed by atoms with Gasteiger partial charge in [0, 0.05) is 37.4 Å². The van der Waals surface area contributed by atoms with E-state index in [1.165, 1.54) is 17.7 Å². The first-order valence-electron chi connectivity index (χ1n) is 10.9. The van der Waals surface area contributed by atoms with E-state index in [9.17, 15) is 9.18 Å². The van der Waals surface area contributed by atoms with Gasteiger partial charge in [0.05, 0.1) is 13.1 Å². The summed E-state index contributed by atoms with van der Waals surface area (Å²) in [5.74, 6) is 1.15. The second kappa shape index (κ2) is 10.4. The van der Waals surface area contributed by atoms with Gasteiger partial charge in [0.1, 0.15) is 23.2 Å². The topological polar surface area (TPSA) is 71.4 Å². The van der Waals surface area contributed by atoms with Crippen molar-refractivity contribution >= 4 is 23.6 Å². The van der Waals surface area contributed by atoms with Gasteiger partial charge in [-0.05, 0) is 56.3 Å². The monoisotopic (exact) mass is 449 g/mol. The number of ether oxygens (including phenoxy) is 1. The lowest BCUT2D eigenvalue weighted by Gasteiger charge is -2.23. The molecule has 2 N–H and O–H groups in total. The highest BCUT2D eigenvalue weighted by atomic mass is 19.1. The number of carbonyl (C=O) groups excluding carboxylic acids is 1. The molecule has 1 aromatic heterocycles. The molecule has 0 saturated carbocycles. The number of carbonyl (C=O) groups is 1. The summed E-state index contributed by atoms with van der Waals surface area (Å²) < 4.78 is 20.5. The number of nitrogens with zero attached hydrogens (tertiary/aromatic N) is 3. The molecule has 0 bridgehead atoms. The first kappa shape index (κ1) is 22.7. The normalized spacial score (nSPS) is 12.6. The molecule has 3 aromatic rings. The van der Waals surface area contributed by atoms with E-state index >= 15 is 0 Å². The molecular weight excluding hydrogens is 421 g/mol. The van der Waals surface area contributed by atoms with Gasteiger partial charge in [0.2, 0.25) is 5.91 Å². The van der Waals surface area contributed by atoms with Gasteiger partial charge in [-0.1, -0.05) is 17.7 Å². The van der Waals surface area contributed by atoms with Crippen LogP contribution < -0.4 is 10.6 Å². The molecule has 33 heavy (non-hydrogen) atoms. The van der Waals surface area contributed by atoms with Crippen molar-refractivity contribution in [3.05, 3.63) is 71.9 Å². The number of benzene rings is 2. The van der Waals surface area contributed by atoms with Crippen molar-refractivity contribution < 1.29 is 13.9 Å². The van der Waals surface area contributed by atoms with Gasteiger partial charge < -0.3 is 20.3 Å². The zero-order valence-corrected chi connectivity index (χ0v) is 18.8. The second-order valence-electron chi connectivity index (χ2n) is 7.94. The molecule has 0 fully saturated rings. The third kappa shape index (κ3) is 5.47. The number of hydrogen-bond donors (Lipinski definition) is 2. The molecule has 1 aliphatic heterocycles. The fourth-order valence-electron chi connectivity index (χ4n) is 3.62. The number of fused-ring (bicyclic) bond motifs is 1. The van der Waals surface area contributed by atoms with E-state index in [4.69, 9.17) is 9.72 Å². The fourth-order valence-corrected chi connectivity index (χ4v) is 3.62. The van der Waals surface area contributed by atoms with Gasteiger partial charge in [0.25, 0.3) is 0 Å². The number of halogens is 1. The molecule has 0 spiro atoms. The summed E-state index contributed by atoms with van der Waals surface area (Å²) >= 11 is 0. The van der Waals surface area contributed by atoms with Gasteiger partial charge in [0.15, 0.2) is 0 Å². The van der Waals surface area contributed by atoms with Crippen LogP contribution in [0.25, 0.3) is 17.5 Å². The molecule has 2 aromatic carbocycles. The molecule has 1 aliphatic rings. The van der Waals surface area contributed by atoms with Gasteiger partial charge in [-0.3, -0.25) is 9.36 Å². The van der Waals surface area contributed by atoms with Crippen LogP contribution in [0.15, 0.2) is 54.7 Å². The van der Waals surface area contributed by atoms with Crippen molar-refractivity contribution in [2.45, 2.75) is 19.9 Å². The quantitative estimate of drug-likeness (QED) is 0.481. The number of anilines is 2. The molecular formula is C25H28FN5O2. The van der Waals surface area contributed by atoms with Gasteiger partial charge in [-0.15, -0.1) is 0 Å². The Kier molecular flexibility index (Phi) is 7.16. The lowest BCUT2D eigenvalue weighted by molar-refractivity contribution is -0.128. The minimum atomic E-state index is -0.301. The van der Waals surface area contributed by atoms with Crippen LogP contribution in [-0.2, 0) is 16.1 Å². The number of imidazole rings is 1. The van der Waals surface area contributed by atoms with E-state index in [1.807, 2.05) is 42.0 Å². The molecule has 0 unspecified atom stereocenters. The summed E-state index contributed by atoms with van der Waals surface area (Å²) in [5.41, 5.74) is 3.57. The standard InChI is InChI=1S/C25H28FN5O2/c1-18-4-10-21(11-5-18)28-25-24(19-6-8-20(26)9-7-19)29-22-17-30(13-14-31(22)25)23(32)16-27-12-3-15-33-2/h4-11,13-14,27-28H,3,12,15-17H2,1-2H3. The van der Waals surface area contributed by atoms with Crippen molar-refractivity contribution in [2.75, 3.05) is 32.1 Å². The first-order valence-corrected chi connectivity index (χ1v) is 10.9. The predicted octanol–water partition coefficient (Wildman–Crippen LogP) is 4.14. The Morgan fingerprint density at radius 1 is 1.12 bits per heavy atom. The molecule has 0 aliphatic carbocycles. The lowest BCUT2D eigenvalue weighted by Crippen LogP contribution is -2.36. The highest BCUT2D eigenvalue weighted by molar-refractivity contribution is 5.82. The Morgan fingerprint density at radius 3 is 2.61 bits per heavy atom. The zero-order valence-electron chi connectivity index (χ0n) is 18.8. The van der Waals surface area contributed by atoms with Crippen LogP contribution in [0.2, 0.25) is 0 Å². The Balaban J connectivity index is 1.57. The van der Waals surface area contributed by atoms with E-state index < -0.39 is 0 Å². The molecule has 172 valence electrons. The van der Waals surface area contributed by atoms with Crippen LogP contribution in [-0.4, -0.2) is 47.2 Å². The second-order valence-corrected chi connectivity index (χ2v) is 7.94. The summed E-state index contributed by atoms with van der Waals surface area (Å²) in [4.78, 5) is 19.1. The number of rotatable bonds is 9. The SMILES string of the molecule is COCCCNCC(=O)N1C=Cn2c(nc(-c3ccc(F)cc3)c2Nc2ccc(C)cc2)C1. The average molecular weight is 450 g/mol. The van der Waals surface area contributed by atoms with Gasteiger partial charge >= 0.3 is 0 Å². The first-order chi connectivity index (χ1) is 16.0. The molecule has 0 radical (unpaired) electrons. The Bertz CT molecular complexity index is 1120. The van der Waals surface area contributed by atoms with Crippen molar-refractivity contribution in [3.8, 4) is 11.3 Å². The maximum atomic E-state index is 13.5.